The summed E-state index contributed by atoms with van der Waals surface area (Å²) in [6.45, 7) is 0.512. The number of piperidine rings is 1. The van der Waals surface area contributed by atoms with E-state index < -0.39 is 16.1 Å². The monoisotopic (exact) mass is 399 g/mol. The Hall–Kier alpha value is -2.68. The molecule has 1 fully saturated rings. The van der Waals surface area contributed by atoms with Gasteiger partial charge in [0.05, 0.1) is 11.6 Å². The van der Waals surface area contributed by atoms with Crippen molar-refractivity contribution in [3.05, 3.63) is 60.3 Å². The van der Waals surface area contributed by atoms with E-state index in [-0.39, 0.29) is 29.5 Å². The molecule has 1 aromatic heterocycles. The number of aromatic amines is 1. The number of hydrogen-bond donors (Lipinski definition) is 3. The molecule has 0 spiro atoms. The van der Waals surface area contributed by atoms with Crippen molar-refractivity contribution in [2.45, 2.75) is 23.8 Å². The number of rotatable bonds is 4. The molecule has 0 aliphatic carbocycles. The van der Waals surface area contributed by atoms with Crippen LogP contribution in [-0.4, -0.2) is 47.9 Å². The number of aromatic nitrogens is 1. The molecule has 3 N–H and O–H groups in total. The van der Waals surface area contributed by atoms with Crippen LogP contribution < -0.4 is 5.32 Å². The highest BCUT2D eigenvalue weighted by molar-refractivity contribution is 7.89. The highest BCUT2D eigenvalue weighted by atomic mass is 32.2. The Morgan fingerprint density at radius 3 is 2.54 bits per heavy atom. The van der Waals surface area contributed by atoms with Crippen molar-refractivity contribution in [2.24, 2.45) is 0 Å². The van der Waals surface area contributed by atoms with E-state index in [1.165, 1.54) is 10.4 Å². The summed E-state index contributed by atoms with van der Waals surface area (Å²) < 4.78 is 27.8. The van der Waals surface area contributed by atoms with Crippen molar-refractivity contribution in [2.75, 3.05) is 18.4 Å². The van der Waals surface area contributed by atoms with Crippen LogP contribution >= 0.6 is 0 Å². The molecule has 8 heteroatoms. The fourth-order valence-corrected chi connectivity index (χ4v) is 5.10. The number of carbonyl (C=O) groups excluding carboxylic acids is 1. The zero-order valence-electron chi connectivity index (χ0n) is 15.1. The predicted octanol–water partition coefficient (Wildman–Crippen LogP) is 2.57. The van der Waals surface area contributed by atoms with Crippen LogP contribution in [0, 0.1) is 0 Å². The molecule has 0 atom stereocenters. The van der Waals surface area contributed by atoms with Gasteiger partial charge in [-0.05, 0) is 43.2 Å². The van der Waals surface area contributed by atoms with Crippen molar-refractivity contribution >= 4 is 32.5 Å². The number of H-pyrrole nitrogens is 1. The molecule has 4 rings (SSSR count). The number of carbonyl (C=O) groups is 1. The van der Waals surface area contributed by atoms with Crippen molar-refractivity contribution in [1.82, 2.24) is 9.29 Å². The van der Waals surface area contributed by atoms with E-state index in [4.69, 9.17) is 0 Å². The molecule has 1 aliphatic heterocycles. The molecule has 2 heterocycles. The molecular formula is C20H21N3O4S. The van der Waals surface area contributed by atoms with Crippen LogP contribution in [0.2, 0.25) is 0 Å². The average Bonchev–Trinajstić information content (AvgIpc) is 3.17. The van der Waals surface area contributed by atoms with Gasteiger partial charge < -0.3 is 15.4 Å². The van der Waals surface area contributed by atoms with Crippen LogP contribution in [0.4, 0.5) is 5.69 Å². The fourth-order valence-electron chi connectivity index (χ4n) is 3.42. The molecule has 0 radical (unpaired) electrons. The number of amides is 1. The first-order chi connectivity index (χ1) is 13.4. The van der Waals surface area contributed by atoms with Gasteiger partial charge in [0.1, 0.15) is 4.90 Å². The van der Waals surface area contributed by atoms with Gasteiger partial charge in [0.25, 0.3) is 5.91 Å². The van der Waals surface area contributed by atoms with Gasteiger partial charge in [-0.25, -0.2) is 8.42 Å². The number of sulfonamides is 1. The molecule has 3 aromatic rings. The molecular weight excluding hydrogens is 378 g/mol. The number of aliphatic hydroxyl groups is 1. The first-order valence-electron chi connectivity index (χ1n) is 9.11. The van der Waals surface area contributed by atoms with Crippen molar-refractivity contribution < 1.29 is 18.3 Å². The summed E-state index contributed by atoms with van der Waals surface area (Å²) >= 11 is 0. The quantitative estimate of drug-likeness (QED) is 0.627. The van der Waals surface area contributed by atoms with Crippen LogP contribution in [0.5, 0.6) is 0 Å². The lowest BCUT2D eigenvalue weighted by molar-refractivity contribution is 0.102. The number of nitrogens with zero attached hydrogens (tertiary/aromatic N) is 1. The minimum Gasteiger partial charge on any atom is -0.393 e. The van der Waals surface area contributed by atoms with Crippen molar-refractivity contribution in [3.63, 3.8) is 0 Å². The lowest BCUT2D eigenvalue weighted by atomic mass is 10.1. The van der Waals surface area contributed by atoms with Crippen LogP contribution in [0.25, 0.3) is 10.9 Å². The Labute approximate surface area is 163 Å². The van der Waals surface area contributed by atoms with Gasteiger partial charge >= 0.3 is 0 Å². The Morgan fingerprint density at radius 1 is 1.11 bits per heavy atom. The van der Waals surface area contributed by atoms with Crippen molar-refractivity contribution in [1.29, 1.82) is 0 Å². The molecule has 1 saturated heterocycles. The lowest BCUT2D eigenvalue weighted by Gasteiger charge is -2.29. The molecule has 0 unspecified atom stereocenters. The summed E-state index contributed by atoms with van der Waals surface area (Å²) in [5, 5.41) is 13.1. The van der Waals surface area contributed by atoms with Gasteiger partial charge in [0.15, 0.2) is 0 Å². The number of anilines is 1. The van der Waals surface area contributed by atoms with Gasteiger partial charge in [-0.3, -0.25) is 4.79 Å². The SMILES string of the molecule is O=C(Nc1ccccc1)c1cc(S(=O)(=O)N2CCC(O)CC2)c2[nH]ccc2c1. The number of fused-ring (bicyclic) bond motifs is 1. The summed E-state index contributed by atoms with van der Waals surface area (Å²) in [6, 6.07) is 13.8. The predicted molar refractivity (Wildman–Crippen MR) is 107 cm³/mol. The Morgan fingerprint density at radius 2 is 1.82 bits per heavy atom. The molecule has 7 nitrogen and oxygen atoms in total. The summed E-state index contributed by atoms with van der Waals surface area (Å²) in [7, 11) is -3.80. The topological polar surface area (TPSA) is 102 Å². The van der Waals surface area contributed by atoms with Gasteiger partial charge in [-0.2, -0.15) is 4.31 Å². The zero-order valence-corrected chi connectivity index (χ0v) is 15.9. The third-order valence-electron chi connectivity index (χ3n) is 4.96. The molecule has 1 amide bonds. The number of para-hydroxylation sites is 1. The van der Waals surface area contributed by atoms with E-state index >= 15 is 0 Å². The fraction of sp³-hybridized carbons (Fsp3) is 0.250. The van der Waals surface area contributed by atoms with E-state index in [9.17, 15) is 18.3 Å². The minimum absolute atomic E-state index is 0.0737. The van der Waals surface area contributed by atoms with E-state index in [0.29, 0.717) is 29.4 Å². The summed E-state index contributed by atoms with van der Waals surface area (Å²) in [5.41, 5.74) is 1.38. The second kappa shape index (κ2) is 7.38. The average molecular weight is 399 g/mol. The number of aliphatic hydroxyl groups excluding tert-OH is 1. The highest BCUT2D eigenvalue weighted by Crippen LogP contribution is 2.29. The third-order valence-corrected chi connectivity index (χ3v) is 6.88. The van der Waals surface area contributed by atoms with E-state index in [1.807, 2.05) is 18.2 Å². The third kappa shape index (κ3) is 3.54. The second-order valence-corrected chi connectivity index (χ2v) is 8.78. The number of hydrogen-bond acceptors (Lipinski definition) is 4. The lowest BCUT2D eigenvalue weighted by Crippen LogP contribution is -2.40. The summed E-state index contributed by atoms with van der Waals surface area (Å²) in [4.78, 5) is 15.8. The standard InChI is InChI=1S/C20H21N3O4S/c24-17-7-10-23(11-8-17)28(26,27)18-13-15(12-14-6-9-21-19(14)18)20(25)22-16-4-2-1-3-5-16/h1-6,9,12-13,17,21,24H,7-8,10-11H2,(H,22,25). The Bertz CT molecular complexity index is 1100. The smallest absolute Gasteiger partial charge is 0.255 e. The second-order valence-electron chi connectivity index (χ2n) is 6.87. The Balaban J connectivity index is 1.72. The maximum Gasteiger partial charge on any atom is 0.255 e. The number of benzene rings is 2. The van der Waals surface area contributed by atoms with Crippen LogP contribution in [-0.2, 0) is 10.0 Å². The first kappa shape index (κ1) is 18.7. The number of nitrogens with one attached hydrogen (secondary N) is 2. The van der Waals surface area contributed by atoms with Gasteiger partial charge in [0, 0.05) is 35.9 Å². The van der Waals surface area contributed by atoms with Gasteiger partial charge in [-0.1, -0.05) is 18.2 Å². The minimum atomic E-state index is -3.80. The molecule has 0 saturated carbocycles. The molecule has 2 aromatic carbocycles. The summed E-state index contributed by atoms with van der Waals surface area (Å²) in [6.07, 6.45) is 1.99. The van der Waals surface area contributed by atoms with Crippen LogP contribution in [0.15, 0.2) is 59.6 Å². The molecule has 1 aliphatic rings. The van der Waals surface area contributed by atoms with Crippen molar-refractivity contribution in [3.8, 4) is 0 Å². The van der Waals surface area contributed by atoms with Crippen LogP contribution in [0.3, 0.4) is 0 Å². The van der Waals surface area contributed by atoms with Crippen LogP contribution in [0.1, 0.15) is 23.2 Å². The largest absolute Gasteiger partial charge is 0.393 e. The first-order valence-corrected chi connectivity index (χ1v) is 10.5. The van der Waals surface area contributed by atoms with E-state index in [2.05, 4.69) is 10.3 Å². The molecule has 0 bridgehead atoms. The van der Waals surface area contributed by atoms with Gasteiger partial charge in [-0.15, -0.1) is 0 Å². The maximum atomic E-state index is 13.2. The molecule has 146 valence electrons. The molecule has 28 heavy (non-hydrogen) atoms. The Kier molecular flexibility index (Phi) is 4.92. The zero-order chi connectivity index (χ0) is 19.7. The maximum absolute atomic E-state index is 13.2. The van der Waals surface area contributed by atoms with E-state index in [1.54, 1.807) is 30.5 Å². The highest BCUT2D eigenvalue weighted by Gasteiger charge is 2.31. The van der Waals surface area contributed by atoms with E-state index in [0.717, 1.165) is 0 Å². The normalized spacial score (nSPS) is 16.3. The van der Waals surface area contributed by atoms with Gasteiger partial charge in [0.2, 0.25) is 10.0 Å². The summed E-state index contributed by atoms with van der Waals surface area (Å²) in [5.74, 6) is -0.375.